The maximum Gasteiger partial charge on any atom is 0.243 e. The fraction of sp³-hybridized carbons (Fsp3) is 0.500. The van der Waals surface area contributed by atoms with E-state index in [-0.39, 0.29) is 16.1 Å². The molecule has 1 aromatic rings. The molecule has 0 aromatic heterocycles. The fourth-order valence-corrected chi connectivity index (χ4v) is 3.89. The molecule has 0 aliphatic heterocycles. The van der Waals surface area contributed by atoms with Crippen LogP contribution in [0.3, 0.4) is 0 Å². The molecule has 100 valence electrons. The standard InChI is InChI=1S/C12H17FN2O2S/c1-2-12(6-3-7-12)15-18(16,17)11-8-9(13)4-5-10(11)14/h4-5,8,15H,2-3,6-7,14H2,1H3. The molecular formula is C12H17FN2O2S. The lowest BCUT2D eigenvalue weighted by atomic mass is 9.76. The van der Waals surface area contributed by atoms with E-state index in [1.54, 1.807) is 0 Å². The van der Waals surface area contributed by atoms with Gasteiger partial charge in [-0.15, -0.1) is 0 Å². The lowest BCUT2D eigenvalue weighted by molar-refractivity contribution is 0.214. The van der Waals surface area contributed by atoms with Gasteiger partial charge in [-0.1, -0.05) is 6.92 Å². The molecule has 0 unspecified atom stereocenters. The van der Waals surface area contributed by atoms with Gasteiger partial charge in [-0.25, -0.2) is 17.5 Å². The van der Waals surface area contributed by atoms with Crippen LogP contribution in [0.15, 0.2) is 23.1 Å². The first kappa shape index (κ1) is 13.3. The molecule has 0 atom stereocenters. The number of halogens is 1. The third-order valence-electron chi connectivity index (χ3n) is 3.60. The maximum atomic E-state index is 13.1. The van der Waals surface area contributed by atoms with E-state index in [0.717, 1.165) is 37.8 Å². The number of benzene rings is 1. The third-order valence-corrected chi connectivity index (χ3v) is 5.24. The number of sulfonamides is 1. The van der Waals surface area contributed by atoms with Crippen LogP contribution in [0, 0.1) is 5.82 Å². The minimum Gasteiger partial charge on any atom is -0.398 e. The van der Waals surface area contributed by atoms with Gasteiger partial charge >= 0.3 is 0 Å². The van der Waals surface area contributed by atoms with E-state index in [9.17, 15) is 12.8 Å². The van der Waals surface area contributed by atoms with E-state index in [4.69, 9.17) is 5.73 Å². The Balaban J connectivity index is 2.33. The summed E-state index contributed by atoms with van der Waals surface area (Å²) in [6.07, 6.45) is 3.37. The summed E-state index contributed by atoms with van der Waals surface area (Å²) >= 11 is 0. The number of anilines is 1. The molecule has 0 bridgehead atoms. The molecule has 0 amide bonds. The second kappa shape index (κ2) is 4.51. The lowest BCUT2D eigenvalue weighted by Gasteiger charge is -2.41. The Morgan fingerprint density at radius 2 is 2.11 bits per heavy atom. The van der Waals surface area contributed by atoms with Gasteiger partial charge in [0.25, 0.3) is 0 Å². The summed E-state index contributed by atoms with van der Waals surface area (Å²) in [5.74, 6) is -0.608. The summed E-state index contributed by atoms with van der Waals surface area (Å²) in [5, 5.41) is 0. The van der Waals surface area contributed by atoms with Gasteiger partial charge in [-0.2, -0.15) is 0 Å². The number of nitrogens with two attached hydrogens (primary N) is 1. The van der Waals surface area contributed by atoms with Gasteiger partial charge in [-0.3, -0.25) is 0 Å². The largest absolute Gasteiger partial charge is 0.398 e. The predicted molar refractivity (Wildman–Crippen MR) is 68.0 cm³/mol. The summed E-state index contributed by atoms with van der Waals surface area (Å²) in [6, 6.07) is 3.37. The van der Waals surface area contributed by atoms with E-state index in [1.165, 1.54) is 6.07 Å². The lowest BCUT2D eigenvalue weighted by Crippen LogP contribution is -2.52. The van der Waals surface area contributed by atoms with Crippen LogP contribution in [0.4, 0.5) is 10.1 Å². The quantitative estimate of drug-likeness (QED) is 0.824. The molecular weight excluding hydrogens is 255 g/mol. The molecule has 1 aliphatic carbocycles. The molecule has 4 nitrogen and oxygen atoms in total. The zero-order valence-corrected chi connectivity index (χ0v) is 11.1. The van der Waals surface area contributed by atoms with Crippen molar-refractivity contribution >= 4 is 15.7 Å². The van der Waals surface area contributed by atoms with Crippen molar-refractivity contribution < 1.29 is 12.8 Å². The van der Waals surface area contributed by atoms with Gasteiger partial charge in [0.15, 0.2) is 0 Å². The van der Waals surface area contributed by atoms with Crippen molar-refractivity contribution in [1.29, 1.82) is 0 Å². The van der Waals surface area contributed by atoms with Crippen molar-refractivity contribution in [3.05, 3.63) is 24.0 Å². The molecule has 0 spiro atoms. The zero-order chi connectivity index (χ0) is 13.4. The smallest absolute Gasteiger partial charge is 0.243 e. The number of hydrogen-bond donors (Lipinski definition) is 2. The predicted octanol–water partition coefficient (Wildman–Crippen LogP) is 2.02. The summed E-state index contributed by atoms with van der Waals surface area (Å²) < 4.78 is 40.2. The van der Waals surface area contributed by atoms with Gasteiger partial charge in [-0.05, 0) is 43.9 Å². The van der Waals surface area contributed by atoms with Crippen molar-refractivity contribution in [3.63, 3.8) is 0 Å². The van der Waals surface area contributed by atoms with Crippen molar-refractivity contribution in [1.82, 2.24) is 4.72 Å². The fourth-order valence-electron chi connectivity index (χ4n) is 2.21. The summed E-state index contributed by atoms with van der Waals surface area (Å²) in [6.45, 7) is 1.94. The number of nitrogen functional groups attached to an aromatic ring is 1. The van der Waals surface area contributed by atoms with E-state index < -0.39 is 15.8 Å². The first-order chi connectivity index (χ1) is 8.38. The molecule has 0 heterocycles. The molecule has 0 saturated heterocycles. The topological polar surface area (TPSA) is 72.2 Å². The molecule has 1 fully saturated rings. The highest BCUT2D eigenvalue weighted by Gasteiger charge is 2.39. The van der Waals surface area contributed by atoms with Crippen molar-refractivity contribution in [2.45, 2.75) is 43.0 Å². The SMILES string of the molecule is CCC1(NS(=O)(=O)c2cc(F)ccc2N)CCC1. The molecule has 18 heavy (non-hydrogen) atoms. The van der Waals surface area contributed by atoms with Crippen LogP contribution in [-0.2, 0) is 10.0 Å². The molecule has 3 N–H and O–H groups in total. The van der Waals surface area contributed by atoms with Crippen LogP contribution in [0.2, 0.25) is 0 Å². The van der Waals surface area contributed by atoms with E-state index in [2.05, 4.69) is 4.72 Å². The Labute approximate surface area is 106 Å². The van der Waals surface area contributed by atoms with Gasteiger partial charge in [0.2, 0.25) is 10.0 Å². The molecule has 1 aromatic carbocycles. The van der Waals surface area contributed by atoms with Gasteiger partial charge in [0, 0.05) is 5.54 Å². The normalized spacial score (nSPS) is 18.3. The monoisotopic (exact) mass is 272 g/mol. The van der Waals surface area contributed by atoms with Gasteiger partial charge in [0.1, 0.15) is 10.7 Å². The van der Waals surface area contributed by atoms with Crippen LogP contribution in [-0.4, -0.2) is 14.0 Å². The Morgan fingerprint density at radius 3 is 2.61 bits per heavy atom. The second-order valence-electron chi connectivity index (χ2n) is 4.78. The van der Waals surface area contributed by atoms with Crippen LogP contribution in [0.5, 0.6) is 0 Å². The van der Waals surface area contributed by atoms with Crippen LogP contribution in [0.25, 0.3) is 0 Å². The second-order valence-corrected chi connectivity index (χ2v) is 6.43. The van der Waals surface area contributed by atoms with Gasteiger partial charge in [0.05, 0.1) is 5.69 Å². The van der Waals surface area contributed by atoms with Crippen LogP contribution >= 0.6 is 0 Å². The Bertz CT molecular complexity index is 548. The Morgan fingerprint density at radius 1 is 1.44 bits per heavy atom. The number of hydrogen-bond acceptors (Lipinski definition) is 3. The third kappa shape index (κ3) is 2.35. The average molecular weight is 272 g/mol. The first-order valence-corrected chi connectivity index (χ1v) is 7.46. The van der Waals surface area contributed by atoms with Crippen LogP contribution < -0.4 is 10.5 Å². The number of nitrogens with one attached hydrogen (secondary N) is 1. The minimum atomic E-state index is -3.76. The molecule has 2 rings (SSSR count). The highest BCUT2D eigenvalue weighted by molar-refractivity contribution is 7.89. The van der Waals surface area contributed by atoms with Crippen LogP contribution in [0.1, 0.15) is 32.6 Å². The summed E-state index contributed by atoms with van der Waals surface area (Å²) in [7, 11) is -3.76. The number of rotatable bonds is 4. The molecule has 0 radical (unpaired) electrons. The van der Waals surface area contributed by atoms with Gasteiger partial charge < -0.3 is 5.73 Å². The van der Waals surface area contributed by atoms with Crippen molar-refractivity contribution in [2.24, 2.45) is 0 Å². The minimum absolute atomic E-state index is 0.0643. The summed E-state index contributed by atoms with van der Waals surface area (Å²) in [5.41, 5.74) is 5.30. The molecule has 6 heteroatoms. The molecule has 1 saturated carbocycles. The first-order valence-electron chi connectivity index (χ1n) is 5.98. The zero-order valence-electron chi connectivity index (χ0n) is 10.2. The highest BCUT2D eigenvalue weighted by Crippen LogP contribution is 2.36. The van der Waals surface area contributed by atoms with E-state index in [0.29, 0.717) is 0 Å². The van der Waals surface area contributed by atoms with E-state index >= 15 is 0 Å². The Kier molecular flexibility index (Phi) is 3.33. The summed E-state index contributed by atoms with van der Waals surface area (Å²) in [4.78, 5) is -0.178. The average Bonchev–Trinajstić information content (AvgIpc) is 2.27. The van der Waals surface area contributed by atoms with Crippen molar-refractivity contribution in [2.75, 3.05) is 5.73 Å². The highest BCUT2D eigenvalue weighted by atomic mass is 32.2. The Hall–Kier alpha value is -1.14. The molecule has 1 aliphatic rings. The van der Waals surface area contributed by atoms with E-state index in [1.807, 2.05) is 6.92 Å². The maximum absolute atomic E-state index is 13.1. The van der Waals surface area contributed by atoms with Crippen molar-refractivity contribution in [3.8, 4) is 0 Å².